The summed E-state index contributed by atoms with van der Waals surface area (Å²) >= 11 is 1.58. The van der Waals surface area contributed by atoms with E-state index in [1.54, 1.807) is 17.4 Å². The SMILES string of the molecule is Cc1nc(-c2ccccc2N=[N+]=[N-])cs1. The lowest BCUT2D eigenvalue weighted by atomic mass is 10.1. The van der Waals surface area contributed by atoms with Gasteiger partial charge in [-0.3, -0.25) is 0 Å². The van der Waals surface area contributed by atoms with Crippen LogP contribution in [0, 0.1) is 6.92 Å². The Labute approximate surface area is 90.8 Å². The van der Waals surface area contributed by atoms with Crippen LogP contribution in [-0.2, 0) is 0 Å². The molecule has 2 rings (SSSR count). The highest BCUT2D eigenvalue weighted by molar-refractivity contribution is 7.09. The van der Waals surface area contributed by atoms with E-state index in [9.17, 15) is 0 Å². The third-order valence-corrected chi connectivity index (χ3v) is 2.72. The maximum absolute atomic E-state index is 8.44. The maximum Gasteiger partial charge on any atom is 0.0901 e. The molecule has 0 atom stereocenters. The van der Waals surface area contributed by atoms with Crippen LogP contribution in [0.25, 0.3) is 21.7 Å². The van der Waals surface area contributed by atoms with Crippen LogP contribution in [0.3, 0.4) is 0 Å². The van der Waals surface area contributed by atoms with Crippen LogP contribution in [0.2, 0.25) is 0 Å². The fraction of sp³-hybridized carbons (Fsp3) is 0.100. The minimum Gasteiger partial charge on any atom is -0.242 e. The molecule has 0 bridgehead atoms. The molecule has 2 aromatic rings. The first-order chi connectivity index (χ1) is 7.31. The number of nitrogens with zero attached hydrogens (tertiary/aromatic N) is 4. The zero-order valence-corrected chi connectivity index (χ0v) is 8.90. The van der Waals surface area contributed by atoms with Gasteiger partial charge in [-0.05, 0) is 12.5 Å². The number of hydrogen-bond donors (Lipinski definition) is 0. The Balaban J connectivity index is 2.56. The number of azide groups is 1. The Morgan fingerprint density at radius 1 is 1.40 bits per heavy atom. The lowest BCUT2D eigenvalue weighted by molar-refractivity contribution is 1.29. The second kappa shape index (κ2) is 4.13. The van der Waals surface area contributed by atoms with Crippen LogP contribution in [0.4, 0.5) is 5.69 Å². The van der Waals surface area contributed by atoms with Crippen molar-refractivity contribution in [3.8, 4) is 11.3 Å². The summed E-state index contributed by atoms with van der Waals surface area (Å²) in [5.74, 6) is 0. The highest BCUT2D eigenvalue weighted by atomic mass is 32.1. The number of aryl methyl sites for hydroxylation is 1. The molecule has 74 valence electrons. The molecule has 0 spiro atoms. The summed E-state index contributed by atoms with van der Waals surface area (Å²) in [4.78, 5) is 7.16. The monoisotopic (exact) mass is 216 g/mol. The molecular weight excluding hydrogens is 208 g/mol. The van der Waals surface area contributed by atoms with Crippen molar-refractivity contribution >= 4 is 17.0 Å². The summed E-state index contributed by atoms with van der Waals surface area (Å²) < 4.78 is 0. The van der Waals surface area contributed by atoms with Gasteiger partial charge in [-0.1, -0.05) is 29.4 Å². The molecular formula is C10H8N4S. The van der Waals surface area contributed by atoms with Gasteiger partial charge in [-0.2, -0.15) is 0 Å². The van der Waals surface area contributed by atoms with Crippen molar-refractivity contribution in [2.24, 2.45) is 5.11 Å². The van der Waals surface area contributed by atoms with E-state index in [1.165, 1.54) is 0 Å². The van der Waals surface area contributed by atoms with E-state index in [4.69, 9.17) is 5.53 Å². The topological polar surface area (TPSA) is 61.7 Å². The van der Waals surface area contributed by atoms with Gasteiger partial charge in [-0.15, -0.1) is 11.3 Å². The minimum absolute atomic E-state index is 0.616. The highest BCUT2D eigenvalue weighted by Crippen LogP contribution is 2.30. The predicted molar refractivity (Wildman–Crippen MR) is 61.1 cm³/mol. The first kappa shape index (κ1) is 9.71. The number of thiazole rings is 1. The van der Waals surface area contributed by atoms with Crippen molar-refractivity contribution < 1.29 is 0 Å². The predicted octanol–water partition coefficient (Wildman–Crippen LogP) is 4.06. The summed E-state index contributed by atoms with van der Waals surface area (Å²) in [6.45, 7) is 1.95. The molecule has 0 aliphatic rings. The quantitative estimate of drug-likeness (QED) is 0.424. The maximum atomic E-state index is 8.44. The average molecular weight is 216 g/mol. The van der Waals surface area contributed by atoms with Crippen molar-refractivity contribution in [1.29, 1.82) is 0 Å². The van der Waals surface area contributed by atoms with Crippen LogP contribution < -0.4 is 0 Å². The second-order valence-electron chi connectivity index (χ2n) is 2.96. The van der Waals surface area contributed by atoms with Gasteiger partial charge < -0.3 is 0 Å². The van der Waals surface area contributed by atoms with Gasteiger partial charge in [0.15, 0.2) is 0 Å². The molecule has 0 aliphatic carbocycles. The van der Waals surface area contributed by atoms with Gasteiger partial charge in [0.2, 0.25) is 0 Å². The molecule has 15 heavy (non-hydrogen) atoms. The minimum atomic E-state index is 0.616. The Hall–Kier alpha value is -1.84. The lowest BCUT2D eigenvalue weighted by Gasteiger charge is -1.99. The zero-order chi connectivity index (χ0) is 10.7. The molecule has 0 fully saturated rings. The average Bonchev–Trinajstić information content (AvgIpc) is 2.66. The van der Waals surface area contributed by atoms with E-state index in [0.29, 0.717) is 5.69 Å². The first-order valence-electron chi connectivity index (χ1n) is 4.38. The van der Waals surface area contributed by atoms with Gasteiger partial charge in [0.25, 0.3) is 0 Å². The molecule has 0 aliphatic heterocycles. The second-order valence-corrected chi connectivity index (χ2v) is 4.02. The Morgan fingerprint density at radius 3 is 2.87 bits per heavy atom. The van der Waals surface area contributed by atoms with E-state index in [2.05, 4.69) is 15.0 Å². The van der Waals surface area contributed by atoms with Gasteiger partial charge in [0.05, 0.1) is 10.7 Å². The smallest absolute Gasteiger partial charge is 0.0901 e. The molecule has 0 unspecified atom stereocenters. The van der Waals surface area contributed by atoms with Crippen LogP contribution in [0.1, 0.15) is 5.01 Å². The summed E-state index contributed by atoms with van der Waals surface area (Å²) in [6, 6.07) is 7.43. The van der Waals surface area contributed by atoms with Crippen LogP contribution in [-0.4, -0.2) is 4.98 Å². The van der Waals surface area contributed by atoms with Crippen molar-refractivity contribution in [3.63, 3.8) is 0 Å². The zero-order valence-electron chi connectivity index (χ0n) is 8.08. The molecule has 1 aromatic carbocycles. The van der Waals surface area contributed by atoms with Crippen molar-refractivity contribution in [2.75, 3.05) is 0 Å². The van der Waals surface area contributed by atoms with E-state index in [-0.39, 0.29) is 0 Å². The molecule has 0 radical (unpaired) electrons. The third kappa shape index (κ3) is 1.98. The van der Waals surface area contributed by atoms with E-state index < -0.39 is 0 Å². The first-order valence-corrected chi connectivity index (χ1v) is 5.26. The number of aromatic nitrogens is 1. The molecule has 4 nitrogen and oxygen atoms in total. The molecule has 0 saturated heterocycles. The summed E-state index contributed by atoms with van der Waals surface area (Å²) in [6.07, 6.45) is 0. The normalized spacial score (nSPS) is 9.67. The summed E-state index contributed by atoms with van der Waals surface area (Å²) in [7, 11) is 0. The molecule has 0 amide bonds. The number of benzene rings is 1. The van der Waals surface area contributed by atoms with Crippen molar-refractivity contribution in [1.82, 2.24) is 4.98 Å². The standard InChI is InChI=1S/C10H8N4S/c1-7-12-10(6-15-7)8-4-2-3-5-9(8)13-14-11/h2-6H,1H3. The van der Waals surface area contributed by atoms with E-state index in [0.717, 1.165) is 16.3 Å². The van der Waals surface area contributed by atoms with Crippen LogP contribution >= 0.6 is 11.3 Å². The Kier molecular flexibility index (Phi) is 2.67. The van der Waals surface area contributed by atoms with E-state index >= 15 is 0 Å². The summed E-state index contributed by atoms with van der Waals surface area (Å²) in [5, 5.41) is 6.60. The fourth-order valence-corrected chi connectivity index (χ4v) is 1.93. The van der Waals surface area contributed by atoms with E-state index in [1.807, 2.05) is 30.5 Å². The molecule has 0 N–H and O–H groups in total. The highest BCUT2D eigenvalue weighted by Gasteiger charge is 2.05. The van der Waals surface area contributed by atoms with Gasteiger partial charge in [-0.25, -0.2) is 4.98 Å². The lowest BCUT2D eigenvalue weighted by Crippen LogP contribution is -1.78. The van der Waals surface area contributed by atoms with Crippen LogP contribution in [0.5, 0.6) is 0 Å². The Bertz CT molecular complexity index is 526. The molecule has 0 saturated carbocycles. The van der Waals surface area contributed by atoms with Gasteiger partial charge >= 0.3 is 0 Å². The van der Waals surface area contributed by atoms with Crippen molar-refractivity contribution in [3.05, 3.63) is 45.1 Å². The molecule has 1 aromatic heterocycles. The fourth-order valence-electron chi connectivity index (χ4n) is 1.31. The van der Waals surface area contributed by atoms with Gasteiger partial charge in [0.1, 0.15) is 0 Å². The van der Waals surface area contributed by atoms with Crippen LogP contribution in [0.15, 0.2) is 34.8 Å². The van der Waals surface area contributed by atoms with Crippen molar-refractivity contribution in [2.45, 2.75) is 6.92 Å². The third-order valence-electron chi connectivity index (χ3n) is 1.95. The number of rotatable bonds is 2. The Morgan fingerprint density at radius 2 is 2.20 bits per heavy atom. The summed E-state index contributed by atoms with van der Waals surface area (Å²) in [5.41, 5.74) is 10.8. The molecule has 5 heteroatoms. The largest absolute Gasteiger partial charge is 0.242 e. The van der Waals surface area contributed by atoms with Gasteiger partial charge in [0, 0.05) is 21.5 Å². The molecule has 1 heterocycles. The number of hydrogen-bond acceptors (Lipinski definition) is 3.